The van der Waals surface area contributed by atoms with Crippen molar-refractivity contribution in [1.82, 2.24) is 9.80 Å². The molecule has 1 unspecified atom stereocenters. The van der Waals surface area contributed by atoms with Crippen molar-refractivity contribution in [3.05, 3.63) is 0 Å². The van der Waals surface area contributed by atoms with Gasteiger partial charge in [-0.05, 0) is 38.5 Å². The van der Waals surface area contributed by atoms with Crippen LogP contribution in [0, 0.1) is 22.2 Å². The Morgan fingerprint density at radius 3 is 2.52 bits per heavy atom. The minimum atomic E-state index is -0.804. The molecular weight excluding hydrogens is 318 g/mol. The summed E-state index contributed by atoms with van der Waals surface area (Å²) in [4.78, 5) is 29.7. The Morgan fingerprint density at radius 2 is 1.84 bits per heavy atom. The van der Waals surface area contributed by atoms with Gasteiger partial charge in [-0.2, -0.15) is 5.26 Å². The lowest BCUT2D eigenvalue weighted by Crippen LogP contribution is -2.43. The van der Waals surface area contributed by atoms with Crippen molar-refractivity contribution in [2.24, 2.45) is 10.8 Å². The zero-order chi connectivity index (χ0) is 17.9. The molecule has 1 aliphatic carbocycles. The molecule has 3 rings (SSSR count). The van der Waals surface area contributed by atoms with Gasteiger partial charge >= 0.3 is 0 Å². The molecule has 2 aliphatic heterocycles. The third kappa shape index (κ3) is 3.27. The Hall–Kier alpha value is -1.61. The number of ether oxygens (including phenoxy) is 1. The van der Waals surface area contributed by atoms with Crippen molar-refractivity contribution >= 4 is 11.8 Å². The van der Waals surface area contributed by atoms with Crippen LogP contribution < -0.4 is 0 Å². The van der Waals surface area contributed by atoms with E-state index in [2.05, 4.69) is 6.07 Å². The van der Waals surface area contributed by atoms with E-state index < -0.39 is 5.41 Å². The van der Waals surface area contributed by atoms with E-state index in [0.717, 1.165) is 45.1 Å². The molecule has 0 aromatic heterocycles. The summed E-state index contributed by atoms with van der Waals surface area (Å²) in [5.41, 5.74) is -1.11. The fourth-order valence-electron chi connectivity index (χ4n) is 4.82. The third-order valence-electron chi connectivity index (χ3n) is 6.48. The first-order valence-corrected chi connectivity index (χ1v) is 9.56. The molecule has 3 fully saturated rings. The highest BCUT2D eigenvalue weighted by Gasteiger charge is 2.49. The van der Waals surface area contributed by atoms with E-state index in [1.54, 1.807) is 7.11 Å². The Morgan fingerprint density at radius 1 is 1.12 bits per heavy atom. The van der Waals surface area contributed by atoms with E-state index in [0.29, 0.717) is 39.1 Å². The second-order valence-corrected chi connectivity index (χ2v) is 7.86. The molecular formula is C19H29N3O3. The van der Waals surface area contributed by atoms with Crippen LogP contribution in [0.15, 0.2) is 0 Å². The Labute approximate surface area is 150 Å². The highest BCUT2D eigenvalue weighted by Crippen LogP contribution is 2.43. The van der Waals surface area contributed by atoms with Crippen molar-refractivity contribution in [2.75, 3.05) is 39.9 Å². The number of hydrogen-bond acceptors (Lipinski definition) is 4. The molecule has 2 saturated heterocycles. The van der Waals surface area contributed by atoms with Crippen molar-refractivity contribution in [3.8, 4) is 6.07 Å². The van der Waals surface area contributed by atoms with Gasteiger partial charge in [0.15, 0.2) is 0 Å². The molecule has 0 aromatic rings. The van der Waals surface area contributed by atoms with Gasteiger partial charge in [0.1, 0.15) is 5.41 Å². The number of rotatable bonds is 4. The molecule has 2 amide bonds. The van der Waals surface area contributed by atoms with Crippen LogP contribution in [0.25, 0.3) is 0 Å². The van der Waals surface area contributed by atoms with Crippen LogP contribution in [0.1, 0.15) is 51.4 Å². The summed E-state index contributed by atoms with van der Waals surface area (Å²) in [6.45, 7) is 3.29. The maximum Gasteiger partial charge on any atom is 0.243 e. The van der Waals surface area contributed by atoms with E-state index in [-0.39, 0.29) is 17.2 Å². The summed E-state index contributed by atoms with van der Waals surface area (Å²) in [7, 11) is 1.65. The molecule has 3 aliphatic rings. The lowest BCUT2D eigenvalue weighted by Gasteiger charge is -2.30. The SMILES string of the molecule is COCCN1CCC2(CCCN(C(=O)C3(C#N)CCCC3)CC2)C1=O. The Balaban J connectivity index is 1.66. The quantitative estimate of drug-likeness (QED) is 0.779. The molecule has 6 nitrogen and oxygen atoms in total. The zero-order valence-electron chi connectivity index (χ0n) is 15.3. The van der Waals surface area contributed by atoms with Crippen LogP contribution in [0.4, 0.5) is 0 Å². The highest BCUT2D eigenvalue weighted by atomic mass is 16.5. The van der Waals surface area contributed by atoms with Gasteiger partial charge in [0.25, 0.3) is 0 Å². The number of amides is 2. The summed E-state index contributed by atoms with van der Waals surface area (Å²) < 4.78 is 5.10. The number of carbonyl (C=O) groups is 2. The van der Waals surface area contributed by atoms with E-state index in [1.807, 2.05) is 9.80 Å². The smallest absolute Gasteiger partial charge is 0.243 e. The first kappa shape index (κ1) is 18.2. The number of hydrogen-bond donors (Lipinski definition) is 0. The average Bonchev–Trinajstić information content (AvgIpc) is 3.15. The topological polar surface area (TPSA) is 73.6 Å². The number of carbonyl (C=O) groups excluding carboxylic acids is 2. The highest BCUT2D eigenvalue weighted by molar-refractivity contribution is 5.87. The van der Waals surface area contributed by atoms with Gasteiger partial charge in [-0.3, -0.25) is 9.59 Å². The molecule has 1 spiro atoms. The summed E-state index contributed by atoms with van der Waals surface area (Å²) >= 11 is 0. The van der Waals surface area contributed by atoms with E-state index in [1.165, 1.54) is 0 Å². The second-order valence-electron chi connectivity index (χ2n) is 7.86. The summed E-state index contributed by atoms with van der Waals surface area (Å²) in [5, 5.41) is 9.58. The average molecular weight is 347 g/mol. The predicted molar refractivity (Wildman–Crippen MR) is 92.5 cm³/mol. The van der Waals surface area contributed by atoms with Gasteiger partial charge in [-0.25, -0.2) is 0 Å². The number of methoxy groups -OCH3 is 1. The van der Waals surface area contributed by atoms with E-state index in [9.17, 15) is 14.9 Å². The van der Waals surface area contributed by atoms with Crippen LogP contribution >= 0.6 is 0 Å². The molecule has 0 radical (unpaired) electrons. The molecule has 0 aromatic carbocycles. The molecule has 6 heteroatoms. The maximum atomic E-state index is 13.0. The van der Waals surface area contributed by atoms with Crippen LogP contribution in [-0.4, -0.2) is 61.5 Å². The standard InChI is InChI=1S/C19H29N3O3/c1-25-14-13-22-12-9-18(16(22)23)7-4-10-21(11-8-18)17(24)19(15-20)5-2-3-6-19/h2-14H2,1H3. The fourth-order valence-corrected chi connectivity index (χ4v) is 4.82. The first-order valence-electron chi connectivity index (χ1n) is 9.56. The third-order valence-corrected chi connectivity index (χ3v) is 6.48. The van der Waals surface area contributed by atoms with Crippen molar-refractivity contribution < 1.29 is 14.3 Å². The minimum absolute atomic E-state index is 0.00577. The van der Waals surface area contributed by atoms with Gasteiger partial charge in [-0.15, -0.1) is 0 Å². The molecule has 138 valence electrons. The maximum absolute atomic E-state index is 13.0. The summed E-state index contributed by atoms with van der Waals surface area (Å²) in [5.74, 6) is 0.237. The molecule has 2 heterocycles. The minimum Gasteiger partial charge on any atom is -0.383 e. The van der Waals surface area contributed by atoms with Gasteiger partial charge in [-0.1, -0.05) is 12.8 Å². The monoisotopic (exact) mass is 347 g/mol. The lowest BCUT2D eigenvalue weighted by atomic mass is 9.79. The second kappa shape index (κ2) is 7.33. The van der Waals surface area contributed by atoms with Crippen LogP contribution in [-0.2, 0) is 14.3 Å². The number of nitrogens with zero attached hydrogens (tertiary/aromatic N) is 3. The Bertz CT molecular complexity index is 565. The van der Waals surface area contributed by atoms with Crippen LogP contribution in [0.5, 0.6) is 0 Å². The van der Waals surface area contributed by atoms with Gasteiger partial charge in [0.05, 0.1) is 18.1 Å². The normalized spacial score (nSPS) is 29.0. The lowest BCUT2D eigenvalue weighted by molar-refractivity contribution is -0.140. The summed E-state index contributed by atoms with van der Waals surface area (Å²) in [6, 6.07) is 2.31. The van der Waals surface area contributed by atoms with Crippen LogP contribution in [0.2, 0.25) is 0 Å². The van der Waals surface area contributed by atoms with E-state index >= 15 is 0 Å². The molecule has 1 saturated carbocycles. The molecule has 0 N–H and O–H groups in total. The largest absolute Gasteiger partial charge is 0.383 e. The van der Waals surface area contributed by atoms with Crippen LogP contribution in [0.3, 0.4) is 0 Å². The number of likely N-dealkylation sites (tertiary alicyclic amines) is 2. The molecule has 25 heavy (non-hydrogen) atoms. The van der Waals surface area contributed by atoms with Gasteiger partial charge < -0.3 is 14.5 Å². The fraction of sp³-hybridized carbons (Fsp3) is 0.842. The first-order chi connectivity index (χ1) is 12.1. The molecule has 0 bridgehead atoms. The van der Waals surface area contributed by atoms with Crippen molar-refractivity contribution in [2.45, 2.75) is 51.4 Å². The van der Waals surface area contributed by atoms with Crippen molar-refractivity contribution in [1.29, 1.82) is 5.26 Å². The number of nitriles is 1. The van der Waals surface area contributed by atoms with Crippen molar-refractivity contribution in [3.63, 3.8) is 0 Å². The molecule has 1 atom stereocenters. The zero-order valence-corrected chi connectivity index (χ0v) is 15.3. The van der Waals surface area contributed by atoms with Gasteiger partial charge in [0, 0.05) is 33.3 Å². The Kier molecular flexibility index (Phi) is 5.33. The van der Waals surface area contributed by atoms with Gasteiger partial charge in [0.2, 0.25) is 11.8 Å². The van der Waals surface area contributed by atoms with E-state index in [4.69, 9.17) is 4.74 Å². The predicted octanol–water partition coefficient (Wildman–Crippen LogP) is 1.95. The summed E-state index contributed by atoms with van der Waals surface area (Å²) in [6.07, 6.45) is 6.59.